The van der Waals surface area contributed by atoms with Crippen molar-refractivity contribution in [1.29, 1.82) is 0 Å². The molecule has 4 aromatic heterocycles. The number of nitrogens with zero attached hydrogens (tertiary/aromatic N) is 16. The van der Waals surface area contributed by atoms with E-state index in [1.54, 1.807) is 34.2 Å². The van der Waals surface area contributed by atoms with Crippen LogP contribution < -0.4 is 31.2 Å². The van der Waals surface area contributed by atoms with Crippen molar-refractivity contribution in [3.63, 3.8) is 0 Å². The van der Waals surface area contributed by atoms with E-state index >= 15 is 0 Å². The quantitative estimate of drug-likeness (QED) is 0.130. The molecule has 4 aromatic rings. The molecule has 30 heavy (non-hydrogen) atoms. The Balaban J connectivity index is 0.000000200. The van der Waals surface area contributed by atoms with E-state index in [9.17, 15) is 20.2 Å². The Morgan fingerprint density at radius 2 is 1.23 bits per heavy atom. The topological polar surface area (TPSA) is 287 Å². The second-order valence-electron chi connectivity index (χ2n) is 4.55. The predicted molar refractivity (Wildman–Crippen MR) is 86.7 cm³/mol. The molecule has 4 rings (SSSR count). The molecule has 4 heterocycles. The highest BCUT2D eigenvalue weighted by atomic mass is 16.6. The number of rotatable bonds is 2. The van der Waals surface area contributed by atoms with Crippen molar-refractivity contribution in [3.05, 3.63) is 45.0 Å². The van der Waals surface area contributed by atoms with Gasteiger partial charge in [0.2, 0.25) is 0 Å². The van der Waals surface area contributed by atoms with Crippen LogP contribution in [0, 0.1) is 20.2 Å². The first kappa shape index (κ1) is 22.9. The van der Waals surface area contributed by atoms with Crippen LogP contribution in [0.3, 0.4) is 0 Å². The molecule has 160 valence electrons. The van der Waals surface area contributed by atoms with Gasteiger partial charge in [-0.1, -0.05) is 20.4 Å². The molecule has 0 amide bonds. The molecule has 0 spiro atoms. The lowest BCUT2D eigenvalue weighted by Gasteiger charge is -1.92. The van der Waals surface area contributed by atoms with E-state index in [4.69, 9.17) is 11.7 Å². The first-order chi connectivity index (χ1) is 14.2. The van der Waals surface area contributed by atoms with E-state index in [-0.39, 0.29) is 0 Å². The zero-order valence-electron chi connectivity index (χ0n) is 15.3. The number of aromatic nitrogens is 14. The normalized spacial score (nSPS) is 9.13. The Bertz CT molecular complexity index is 888. The molecule has 0 aliphatic heterocycles. The van der Waals surface area contributed by atoms with Crippen LogP contribution in [0.4, 0.5) is 11.9 Å². The van der Waals surface area contributed by atoms with E-state index in [0.717, 1.165) is 0 Å². The second kappa shape index (κ2) is 11.5. The largest absolute Gasteiger partial charge is 0.458 e. The van der Waals surface area contributed by atoms with Crippen molar-refractivity contribution in [2.45, 2.75) is 0 Å². The van der Waals surface area contributed by atoms with Crippen molar-refractivity contribution in [2.24, 2.45) is 14.1 Å². The average Bonchev–Trinajstić information content (AvgIpc) is 3.46. The van der Waals surface area contributed by atoms with Gasteiger partial charge in [-0.25, -0.2) is 11.7 Å². The fraction of sp³-hybridized carbons (Fsp3) is 0.250. The van der Waals surface area contributed by atoms with Crippen LogP contribution in [0.1, 0.15) is 0 Å². The van der Waals surface area contributed by atoms with Crippen LogP contribution >= 0.6 is 0 Å². The zero-order chi connectivity index (χ0) is 22.5. The smallest absolute Gasteiger partial charge is 0.296 e. The molecule has 0 aliphatic rings. The van der Waals surface area contributed by atoms with Gasteiger partial charge in [0.1, 0.15) is 24.5 Å². The molecule has 0 fully saturated rings. The summed E-state index contributed by atoms with van der Waals surface area (Å²) in [5, 5.41) is 50.1. The molecule has 0 aliphatic carbocycles. The predicted octanol–water partition coefficient (Wildman–Crippen LogP) is -5.68. The molecule has 0 atom stereocenters. The summed E-state index contributed by atoms with van der Waals surface area (Å²) in [5.74, 6) is 9.20. The Morgan fingerprint density at radius 1 is 0.867 bits per heavy atom. The van der Waals surface area contributed by atoms with Crippen molar-refractivity contribution >= 4 is 11.9 Å². The fourth-order valence-electron chi connectivity index (χ4n) is 1.20. The Labute approximate surface area is 164 Å². The van der Waals surface area contributed by atoms with Gasteiger partial charge in [-0.3, -0.25) is 0 Å². The lowest BCUT2D eigenvalue weighted by molar-refractivity contribution is -0.732. The maximum absolute atomic E-state index is 9.66. The molecule has 22 heteroatoms. The minimum absolute atomic E-state index is 0.565. The highest BCUT2D eigenvalue weighted by Gasteiger charge is 1.94. The number of hydrogen-bond acceptors (Lipinski definition) is 14. The third kappa shape index (κ3) is 8.96. The van der Waals surface area contributed by atoms with E-state index in [1.165, 1.54) is 9.58 Å². The molecular formula is C8H14N18O4. The summed E-state index contributed by atoms with van der Waals surface area (Å²) in [4.78, 5) is 20.3. The van der Waals surface area contributed by atoms with Gasteiger partial charge in [-0.2, -0.15) is 9.85 Å². The molecule has 0 radical (unpaired) electrons. The van der Waals surface area contributed by atoms with Crippen molar-refractivity contribution in [3.8, 4) is 0 Å². The first-order valence-corrected chi connectivity index (χ1v) is 7.18. The van der Waals surface area contributed by atoms with Crippen molar-refractivity contribution in [2.75, 3.05) is 11.7 Å². The van der Waals surface area contributed by atoms with E-state index in [1.807, 2.05) is 14.1 Å². The standard InChI is InChI=1S/2C3H7N4.2CN5O2/c2*1-6-2-3-7(4)5-6;2*7-6(8)1-2-4-5-3-1/h2*2-3H,1H3,(H2,4,5);;/q2*+1;2*-1. The number of hydrogen-bond donors (Lipinski definition) is 2. The number of tetrazole rings is 2. The third-order valence-corrected chi connectivity index (χ3v) is 2.30. The molecule has 0 saturated carbocycles. The fourth-order valence-corrected chi connectivity index (χ4v) is 1.20. The molecule has 0 unspecified atom stereocenters. The Morgan fingerprint density at radius 3 is 1.33 bits per heavy atom. The summed E-state index contributed by atoms with van der Waals surface area (Å²) >= 11 is 0. The highest BCUT2D eigenvalue weighted by Crippen LogP contribution is 1.91. The van der Waals surface area contributed by atoms with Crippen LogP contribution in [-0.2, 0) is 14.1 Å². The summed E-state index contributed by atoms with van der Waals surface area (Å²) in [6.07, 6.45) is 6.86. The van der Waals surface area contributed by atoms with Gasteiger partial charge in [0, 0.05) is 0 Å². The van der Waals surface area contributed by atoms with Crippen LogP contribution in [0.25, 0.3) is 0 Å². The maximum atomic E-state index is 9.66. The number of nitrogen functional groups attached to an aromatic ring is 2. The van der Waals surface area contributed by atoms with E-state index < -0.39 is 21.7 Å². The number of aryl methyl sites for hydroxylation is 2. The third-order valence-electron chi connectivity index (χ3n) is 2.30. The van der Waals surface area contributed by atoms with Crippen LogP contribution in [0.15, 0.2) is 24.8 Å². The molecule has 22 nitrogen and oxygen atoms in total. The first-order valence-electron chi connectivity index (χ1n) is 7.18. The average molecular weight is 426 g/mol. The van der Waals surface area contributed by atoms with Crippen molar-refractivity contribution in [1.82, 2.24) is 61.3 Å². The van der Waals surface area contributed by atoms with Gasteiger partial charge in [0.05, 0.1) is 0 Å². The van der Waals surface area contributed by atoms with Gasteiger partial charge in [-0.05, 0) is 30.4 Å². The van der Waals surface area contributed by atoms with Gasteiger partial charge < -0.3 is 20.2 Å². The van der Waals surface area contributed by atoms with Crippen LogP contribution in [-0.4, -0.2) is 60.9 Å². The van der Waals surface area contributed by atoms with Gasteiger partial charge in [0.15, 0.2) is 24.8 Å². The number of nitrogens with two attached hydrogens (primary N) is 2. The van der Waals surface area contributed by atoms with Crippen LogP contribution in [0.5, 0.6) is 0 Å². The summed E-state index contributed by atoms with van der Waals surface area (Å²) < 4.78 is 3.25. The van der Waals surface area contributed by atoms with Gasteiger partial charge in [0.25, 0.3) is 11.9 Å². The van der Waals surface area contributed by atoms with Gasteiger partial charge in [-0.15, -0.1) is 9.36 Å². The summed E-state index contributed by atoms with van der Waals surface area (Å²) in [6, 6.07) is 0. The molecule has 4 N–H and O–H groups in total. The van der Waals surface area contributed by atoms with E-state index in [0.29, 0.717) is 0 Å². The van der Waals surface area contributed by atoms with Crippen LogP contribution in [0.2, 0.25) is 0 Å². The minimum Gasteiger partial charge on any atom is -0.458 e. The maximum Gasteiger partial charge on any atom is 0.296 e. The zero-order valence-corrected chi connectivity index (χ0v) is 15.3. The van der Waals surface area contributed by atoms with Crippen molar-refractivity contribution < 1.29 is 19.2 Å². The number of nitro groups is 2. The molecule has 0 aromatic carbocycles. The monoisotopic (exact) mass is 426 g/mol. The Hall–Kier alpha value is -5.18. The lowest BCUT2D eigenvalue weighted by atomic mass is 10.9. The van der Waals surface area contributed by atoms with E-state index in [2.05, 4.69) is 51.7 Å². The summed E-state index contributed by atoms with van der Waals surface area (Å²) in [5.41, 5.74) is 0. The summed E-state index contributed by atoms with van der Waals surface area (Å²) in [7, 11) is 3.62. The summed E-state index contributed by atoms with van der Waals surface area (Å²) in [6.45, 7) is 0. The highest BCUT2D eigenvalue weighted by molar-refractivity contribution is 4.91. The SMILES string of the molecule is C[n+]1ccn(N)n1.C[n+]1ccn(N)n1.O=[N+]([O-])c1nnn[n-]1.O=[N+]([O-])c1nnn[n-]1. The van der Waals surface area contributed by atoms with Gasteiger partial charge >= 0.3 is 0 Å². The molecule has 0 saturated heterocycles. The lowest BCUT2D eigenvalue weighted by Crippen LogP contribution is -2.31. The molecule has 0 bridgehead atoms. The second-order valence-corrected chi connectivity index (χ2v) is 4.55. The minimum atomic E-state index is -0.764. The molecular weight excluding hydrogens is 412 g/mol. The Kier molecular flexibility index (Phi) is 8.78.